The summed E-state index contributed by atoms with van der Waals surface area (Å²) in [4.78, 5) is 12.2. The predicted octanol–water partition coefficient (Wildman–Crippen LogP) is 2.72. The molecule has 1 aliphatic rings. The number of aromatic hydroxyl groups is 2. The summed E-state index contributed by atoms with van der Waals surface area (Å²) >= 11 is 0. The molecular weight excluding hydrogens is 272 g/mol. The van der Waals surface area contributed by atoms with Crippen LogP contribution >= 0.6 is 0 Å². The zero-order valence-electron chi connectivity index (χ0n) is 11.2. The van der Waals surface area contributed by atoms with Crippen molar-refractivity contribution in [3.63, 3.8) is 0 Å². The Hall–Kier alpha value is -2.95. The van der Waals surface area contributed by atoms with Crippen molar-refractivity contribution >= 4 is 11.9 Å². The van der Waals surface area contributed by atoms with Crippen molar-refractivity contribution in [2.75, 3.05) is 7.11 Å². The molecule has 0 aromatic heterocycles. The number of phenols is 2. The van der Waals surface area contributed by atoms with E-state index in [4.69, 9.17) is 9.47 Å². The highest BCUT2D eigenvalue weighted by Gasteiger charge is 2.29. The van der Waals surface area contributed by atoms with Crippen LogP contribution in [0.2, 0.25) is 0 Å². The van der Waals surface area contributed by atoms with Gasteiger partial charge in [0, 0.05) is 6.07 Å². The fraction of sp³-hybridized carbons (Fsp3) is 0.0625. The zero-order valence-corrected chi connectivity index (χ0v) is 11.2. The van der Waals surface area contributed by atoms with Gasteiger partial charge in [0.15, 0.2) is 17.3 Å². The van der Waals surface area contributed by atoms with Crippen molar-refractivity contribution in [3.8, 4) is 23.0 Å². The predicted molar refractivity (Wildman–Crippen MR) is 75.7 cm³/mol. The highest BCUT2D eigenvalue weighted by atomic mass is 16.5. The summed E-state index contributed by atoms with van der Waals surface area (Å²) in [5, 5.41) is 19.0. The molecule has 0 unspecified atom stereocenters. The first kappa shape index (κ1) is 13.1. The van der Waals surface area contributed by atoms with Crippen molar-refractivity contribution in [2.45, 2.75) is 0 Å². The largest absolute Gasteiger partial charge is 0.508 e. The molecule has 1 aliphatic heterocycles. The van der Waals surface area contributed by atoms with Crippen LogP contribution in [0.5, 0.6) is 23.0 Å². The Kier molecular flexibility index (Phi) is 3.02. The fourth-order valence-electron chi connectivity index (χ4n) is 2.09. The lowest BCUT2D eigenvalue weighted by Gasteiger charge is -2.04. The van der Waals surface area contributed by atoms with Gasteiger partial charge >= 0.3 is 0 Å². The van der Waals surface area contributed by atoms with Crippen molar-refractivity contribution in [2.24, 2.45) is 0 Å². The number of carbonyl (C=O) groups excluding carboxylic acids is 1. The van der Waals surface area contributed by atoms with Gasteiger partial charge in [-0.3, -0.25) is 4.79 Å². The molecule has 3 rings (SSSR count). The summed E-state index contributed by atoms with van der Waals surface area (Å²) < 4.78 is 10.5. The van der Waals surface area contributed by atoms with E-state index in [1.54, 1.807) is 18.2 Å². The topological polar surface area (TPSA) is 76.0 Å². The molecule has 0 amide bonds. The number of rotatable bonds is 2. The van der Waals surface area contributed by atoms with Gasteiger partial charge in [0.25, 0.3) is 0 Å². The fourth-order valence-corrected chi connectivity index (χ4v) is 2.09. The Labute approximate surface area is 120 Å². The third-order valence-corrected chi connectivity index (χ3v) is 3.16. The van der Waals surface area contributed by atoms with Gasteiger partial charge < -0.3 is 19.7 Å². The molecule has 106 valence electrons. The summed E-state index contributed by atoms with van der Waals surface area (Å²) in [5.74, 6) is 0.472. The maximum atomic E-state index is 12.2. The maximum Gasteiger partial charge on any atom is 0.232 e. The van der Waals surface area contributed by atoms with E-state index in [1.807, 2.05) is 0 Å². The lowest BCUT2D eigenvalue weighted by Crippen LogP contribution is -1.97. The van der Waals surface area contributed by atoms with E-state index in [-0.39, 0.29) is 28.8 Å². The second-order valence-electron chi connectivity index (χ2n) is 4.55. The summed E-state index contributed by atoms with van der Waals surface area (Å²) in [5.41, 5.74) is 1.01. The van der Waals surface area contributed by atoms with Gasteiger partial charge in [0.2, 0.25) is 5.78 Å². The Morgan fingerprint density at radius 1 is 1.14 bits per heavy atom. The lowest BCUT2D eigenvalue weighted by atomic mass is 10.1. The number of hydrogen-bond acceptors (Lipinski definition) is 5. The number of ether oxygens (including phenoxy) is 2. The van der Waals surface area contributed by atoms with Crippen LogP contribution in [0, 0.1) is 0 Å². The molecule has 0 saturated heterocycles. The van der Waals surface area contributed by atoms with Gasteiger partial charge in [-0.2, -0.15) is 0 Å². The minimum atomic E-state index is -0.309. The molecule has 0 saturated carbocycles. The van der Waals surface area contributed by atoms with Crippen LogP contribution in [0.25, 0.3) is 6.08 Å². The molecule has 0 bridgehead atoms. The normalized spacial score (nSPS) is 14.9. The van der Waals surface area contributed by atoms with E-state index < -0.39 is 0 Å². The number of Topliss-reactive ketones (excluding diaryl/α,β-unsaturated/α-hetero) is 1. The van der Waals surface area contributed by atoms with Crippen molar-refractivity contribution < 1.29 is 24.5 Å². The minimum absolute atomic E-state index is 0.112. The van der Waals surface area contributed by atoms with Crippen LogP contribution in [0.4, 0.5) is 0 Å². The first-order valence-electron chi connectivity index (χ1n) is 6.23. The Bertz CT molecular complexity index is 744. The van der Waals surface area contributed by atoms with E-state index in [9.17, 15) is 15.0 Å². The molecule has 5 nitrogen and oxygen atoms in total. The number of hydrogen-bond donors (Lipinski definition) is 2. The molecule has 1 heterocycles. The molecule has 0 atom stereocenters. The smallest absolute Gasteiger partial charge is 0.232 e. The van der Waals surface area contributed by atoms with Gasteiger partial charge in [-0.05, 0) is 29.8 Å². The first-order chi connectivity index (χ1) is 10.1. The first-order valence-corrected chi connectivity index (χ1v) is 6.23. The second-order valence-corrected chi connectivity index (χ2v) is 4.55. The third-order valence-electron chi connectivity index (χ3n) is 3.16. The number of methoxy groups -OCH3 is 1. The monoisotopic (exact) mass is 284 g/mol. The summed E-state index contributed by atoms with van der Waals surface area (Å²) in [6, 6.07) is 9.18. The number of benzene rings is 2. The van der Waals surface area contributed by atoms with Gasteiger partial charge in [-0.25, -0.2) is 0 Å². The zero-order chi connectivity index (χ0) is 15.0. The molecule has 0 radical (unpaired) electrons. The molecular formula is C16H12O5. The molecule has 2 N–H and O–H groups in total. The van der Waals surface area contributed by atoms with Crippen LogP contribution in [0.15, 0.2) is 42.2 Å². The van der Waals surface area contributed by atoms with Crippen molar-refractivity contribution in [3.05, 3.63) is 53.3 Å². The van der Waals surface area contributed by atoms with Crippen molar-refractivity contribution in [1.82, 2.24) is 0 Å². The van der Waals surface area contributed by atoms with Gasteiger partial charge in [-0.1, -0.05) is 12.1 Å². The van der Waals surface area contributed by atoms with Gasteiger partial charge in [0.1, 0.15) is 11.5 Å². The van der Waals surface area contributed by atoms with Crippen LogP contribution in [0.3, 0.4) is 0 Å². The van der Waals surface area contributed by atoms with Crippen LogP contribution in [0.1, 0.15) is 15.9 Å². The minimum Gasteiger partial charge on any atom is -0.508 e. The highest BCUT2D eigenvalue weighted by Crippen LogP contribution is 2.39. The molecule has 2 aromatic carbocycles. The Morgan fingerprint density at radius 2 is 1.86 bits per heavy atom. The van der Waals surface area contributed by atoms with E-state index in [1.165, 1.54) is 31.4 Å². The van der Waals surface area contributed by atoms with E-state index in [0.717, 1.165) is 5.56 Å². The quantitative estimate of drug-likeness (QED) is 0.829. The van der Waals surface area contributed by atoms with Crippen LogP contribution in [-0.2, 0) is 0 Å². The maximum absolute atomic E-state index is 12.2. The number of carbonyl (C=O) groups is 1. The molecule has 0 aliphatic carbocycles. The standard InChI is InChI=1S/C16H12O5/c1-20-14-8-13-11(7-12(14)18)16(19)15(21-13)6-9-2-4-10(17)5-3-9/h2-8,17-18H,1H3/b15-6-. The van der Waals surface area contributed by atoms with E-state index in [0.29, 0.717) is 11.3 Å². The number of fused-ring (bicyclic) bond motifs is 1. The van der Waals surface area contributed by atoms with E-state index >= 15 is 0 Å². The molecule has 21 heavy (non-hydrogen) atoms. The van der Waals surface area contributed by atoms with E-state index in [2.05, 4.69) is 0 Å². The Balaban J connectivity index is 1.98. The van der Waals surface area contributed by atoms with Crippen LogP contribution < -0.4 is 9.47 Å². The number of ketones is 1. The molecule has 2 aromatic rings. The summed E-state index contributed by atoms with van der Waals surface area (Å²) in [6.07, 6.45) is 1.57. The molecule has 5 heteroatoms. The SMILES string of the molecule is COc1cc2c(cc1O)C(=O)/C(=C/c1ccc(O)cc1)O2. The van der Waals surface area contributed by atoms with Gasteiger partial charge in [0.05, 0.1) is 12.7 Å². The third kappa shape index (κ3) is 2.29. The van der Waals surface area contributed by atoms with Gasteiger partial charge in [-0.15, -0.1) is 0 Å². The molecule has 0 fully saturated rings. The second kappa shape index (κ2) is 4.86. The average Bonchev–Trinajstić information content (AvgIpc) is 2.77. The summed E-state index contributed by atoms with van der Waals surface area (Å²) in [7, 11) is 1.42. The number of allylic oxidation sites excluding steroid dienone is 1. The lowest BCUT2D eigenvalue weighted by molar-refractivity contribution is 0.101. The molecule has 0 spiro atoms. The van der Waals surface area contributed by atoms with Crippen LogP contribution in [-0.4, -0.2) is 23.1 Å². The number of phenolic OH excluding ortho intramolecular Hbond substituents is 2. The average molecular weight is 284 g/mol. The van der Waals surface area contributed by atoms with Crippen molar-refractivity contribution in [1.29, 1.82) is 0 Å². The summed E-state index contributed by atoms with van der Waals surface area (Å²) in [6.45, 7) is 0. The Morgan fingerprint density at radius 3 is 2.52 bits per heavy atom. The highest BCUT2D eigenvalue weighted by molar-refractivity contribution is 6.14.